The number of nitrogens with two attached hydrogens (primary N) is 1. The Morgan fingerprint density at radius 3 is 2.65 bits per heavy atom. The van der Waals surface area contributed by atoms with Gasteiger partial charge in [0.2, 0.25) is 5.91 Å². The van der Waals surface area contributed by atoms with E-state index in [1.54, 1.807) is 0 Å². The predicted octanol–water partition coefficient (Wildman–Crippen LogP) is 1.48. The Labute approximate surface area is 134 Å². The maximum absolute atomic E-state index is 11.7. The van der Waals surface area contributed by atoms with Gasteiger partial charge >= 0.3 is 6.03 Å². The number of hydrogen-bond donors (Lipinski definition) is 2. The molecule has 0 spiro atoms. The summed E-state index contributed by atoms with van der Waals surface area (Å²) >= 11 is 0. The minimum atomic E-state index is -0.804. The van der Waals surface area contributed by atoms with Crippen molar-refractivity contribution in [2.24, 2.45) is 5.73 Å². The fraction of sp³-hybridized carbons (Fsp3) is 0.294. The Morgan fingerprint density at radius 2 is 1.91 bits per heavy atom. The number of rotatable bonds is 4. The second-order valence-corrected chi connectivity index (χ2v) is 5.64. The van der Waals surface area contributed by atoms with Gasteiger partial charge in [-0.1, -0.05) is 30.3 Å². The van der Waals surface area contributed by atoms with Crippen LogP contribution in [0.1, 0.15) is 23.7 Å². The summed E-state index contributed by atoms with van der Waals surface area (Å²) in [6, 6.07) is 13.7. The zero-order chi connectivity index (χ0) is 16.2. The van der Waals surface area contributed by atoms with Crippen LogP contribution >= 0.6 is 0 Å². The van der Waals surface area contributed by atoms with Crippen molar-refractivity contribution in [2.45, 2.75) is 19.0 Å². The number of hydrogen-bond acceptors (Lipinski definition) is 3. The zero-order valence-corrected chi connectivity index (χ0v) is 12.8. The smallest absolute Gasteiger partial charge is 0.318 e. The second kappa shape index (κ2) is 6.66. The monoisotopic (exact) mass is 312 g/mol. The van der Waals surface area contributed by atoms with E-state index in [-0.39, 0.29) is 18.4 Å². The lowest BCUT2D eigenvalue weighted by molar-refractivity contribution is -0.120. The average Bonchev–Trinajstić information content (AvgIpc) is 3.01. The molecular formula is C17H20N4O2. The minimum Gasteiger partial charge on any atom is -0.351 e. The van der Waals surface area contributed by atoms with Crippen LogP contribution in [0.3, 0.4) is 0 Å². The van der Waals surface area contributed by atoms with Crippen LogP contribution in [-0.2, 0) is 11.3 Å². The highest BCUT2D eigenvalue weighted by molar-refractivity contribution is 5.93. The molecule has 2 aromatic rings. The summed E-state index contributed by atoms with van der Waals surface area (Å²) in [5.41, 5.74) is 7.40. The van der Waals surface area contributed by atoms with Crippen LogP contribution in [0, 0.1) is 0 Å². The Balaban J connectivity index is 1.79. The third-order valence-electron chi connectivity index (χ3n) is 4.14. The molecule has 23 heavy (non-hydrogen) atoms. The van der Waals surface area contributed by atoms with E-state index in [9.17, 15) is 9.59 Å². The van der Waals surface area contributed by atoms with Gasteiger partial charge in [-0.15, -0.1) is 0 Å². The van der Waals surface area contributed by atoms with Crippen molar-refractivity contribution in [3.05, 3.63) is 59.9 Å². The average molecular weight is 312 g/mol. The van der Waals surface area contributed by atoms with Crippen molar-refractivity contribution in [2.75, 3.05) is 13.1 Å². The van der Waals surface area contributed by atoms with Crippen molar-refractivity contribution in [1.82, 2.24) is 14.8 Å². The maximum atomic E-state index is 11.7. The first kappa shape index (κ1) is 15.3. The summed E-state index contributed by atoms with van der Waals surface area (Å²) in [7, 11) is 0. The quantitative estimate of drug-likeness (QED) is 0.897. The molecule has 1 aliphatic heterocycles. The van der Waals surface area contributed by atoms with Crippen LogP contribution in [0.15, 0.2) is 48.7 Å². The number of nitrogens with zero attached hydrogens (tertiary/aromatic N) is 2. The molecular weight excluding hydrogens is 292 g/mol. The van der Waals surface area contributed by atoms with E-state index in [2.05, 4.69) is 45.2 Å². The first-order valence-electron chi connectivity index (χ1n) is 7.68. The van der Waals surface area contributed by atoms with Gasteiger partial charge in [-0.2, -0.15) is 0 Å². The summed E-state index contributed by atoms with van der Waals surface area (Å²) < 4.78 is 2.25. The largest absolute Gasteiger partial charge is 0.351 e. The SMILES string of the molecule is NC(=O)NC(=O)CCN1CCn2cccc2C1c1ccccc1. The number of amides is 3. The van der Waals surface area contributed by atoms with Gasteiger partial charge < -0.3 is 10.3 Å². The van der Waals surface area contributed by atoms with Gasteiger partial charge in [0.25, 0.3) is 0 Å². The van der Waals surface area contributed by atoms with Crippen molar-refractivity contribution < 1.29 is 9.59 Å². The first-order chi connectivity index (χ1) is 11.1. The molecule has 3 rings (SSSR count). The van der Waals surface area contributed by atoms with E-state index in [1.165, 1.54) is 11.3 Å². The third kappa shape index (κ3) is 3.43. The minimum absolute atomic E-state index is 0.112. The number of benzene rings is 1. The van der Waals surface area contributed by atoms with Crippen molar-refractivity contribution in [3.63, 3.8) is 0 Å². The normalized spacial score (nSPS) is 17.5. The van der Waals surface area contributed by atoms with Crippen LogP contribution in [0.2, 0.25) is 0 Å². The molecule has 120 valence electrons. The van der Waals surface area contributed by atoms with Crippen LogP contribution in [0.4, 0.5) is 4.79 Å². The summed E-state index contributed by atoms with van der Waals surface area (Å²) in [4.78, 5) is 24.7. The topological polar surface area (TPSA) is 80.4 Å². The molecule has 1 aromatic heterocycles. The molecule has 1 aliphatic rings. The lowest BCUT2D eigenvalue weighted by atomic mass is 10.00. The number of primary amides is 1. The van der Waals surface area contributed by atoms with E-state index < -0.39 is 6.03 Å². The number of carbonyl (C=O) groups is 2. The first-order valence-corrected chi connectivity index (χ1v) is 7.68. The van der Waals surface area contributed by atoms with Crippen LogP contribution in [0.5, 0.6) is 0 Å². The van der Waals surface area contributed by atoms with Crippen LogP contribution in [-0.4, -0.2) is 34.5 Å². The Morgan fingerprint density at radius 1 is 1.13 bits per heavy atom. The van der Waals surface area contributed by atoms with Crippen molar-refractivity contribution in [3.8, 4) is 0 Å². The number of fused-ring (bicyclic) bond motifs is 1. The van der Waals surface area contributed by atoms with E-state index in [4.69, 9.17) is 5.73 Å². The second-order valence-electron chi connectivity index (χ2n) is 5.64. The Bertz CT molecular complexity index is 696. The number of imide groups is 1. The predicted molar refractivity (Wildman–Crippen MR) is 86.6 cm³/mol. The van der Waals surface area contributed by atoms with Gasteiger partial charge in [0.1, 0.15) is 0 Å². The van der Waals surface area contributed by atoms with Crippen molar-refractivity contribution in [1.29, 1.82) is 0 Å². The van der Waals surface area contributed by atoms with Crippen LogP contribution in [0.25, 0.3) is 0 Å². The molecule has 6 heteroatoms. The molecule has 0 radical (unpaired) electrons. The van der Waals surface area contributed by atoms with Gasteiger partial charge in [0, 0.05) is 37.9 Å². The van der Waals surface area contributed by atoms with E-state index >= 15 is 0 Å². The number of nitrogens with one attached hydrogen (secondary N) is 1. The zero-order valence-electron chi connectivity index (χ0n) is 12.8. The van der Waals surface area contributed by atoms with Gasteiger partial charge in [-0.3, -0.25) is 15.0 Å². The molecule has 3 N–H and O–H groups in total. The molecule has 3 amide bonds. The summed E-state index contributed by atoms with van der Waals surface area (Å²) in [5, 5.41) is 2.12. The highest BCUT2D eigenvalue weighted by Crippen LogP contribution is 2.32. The highest BCUT2D eigenvalue weighted by Gasteiger charge is 2.28. The lowest BCUT2D eigenvalue weighted by Crippen LogP contribution is -2.41. The van der Waals surface area contributed by atoms with Gasteiger partial charge in [0.15, 0.2) is 0 Å². The Kier molecular flexibility index (Phi) is 4.43. The highest BCUT2D eigenvalue weighted by atomic mass is 16.2. The Hall–Kier alpha value is -2.60. The third-order valence-corrected chi connectivity index (χ3v) is 4.14. The molecule has 0 bridgehead atoms. The molecule has 2 heterocycles. The number of aromatic nitrogens is 1. The van der Waals surface area contributed by atoms with Crippen LogP contribution < -0.4 is 11.1 Å². The molecule has 6 nitrogen and oxygen atoms in total. The molecule has 1 unspecified atom stereocenters. The molecule has 1 aromatic carbocycles. The van der Waals surface area contributed by atoms with Gasteiger partial charge in [0.05, 0.1) is 6.04 Å². The molecule has 0 aliphatic carbocycles. The van der Waals surface area contributed by atoms with E-state index in [0.29, 0.717) is 6.54 Å². The standard InChI is InChI=1S/C17H20N4O2/c18-17(23)19-15(22)8-10-21-12-11-20-9-4-7-14(20)16(21)13-5-2-1-3-6-13/h1-7,9,16H,8,10-12H2,(H3,18,19,22,23). The lowest BCUT2D eigenvalue weighted by Gasteiger charge is -2.37. The van der Waals surface area contributed by atoms with E-state index in [1.807, 2.05) is 18.2 Å². The fourth-order valence-corrected chi connectivity index (χ4v) is 3.13. The fourth-order valence-electron chi connectivity index (χ4n) is 3.13. The van der Waals surface area contributed by atoms with Crippen molar-refractivity contribution >= 4 is 11.9 Å². The number of urea groups is 1. The molecule has 0 saturated heterocycles. The summed E-state index contributed by atoms with van der Waals surface area (Å²) in [6.45, 7) is 2.32. The molecule has 0 saturated carbocycles. The summed E-state index contributed by atoms with van der Waals surface area (Å²) in [6.07, 6.45) is 2.33. The maximum Gasteiger partial charge on any atom is 0.318 e. The number of carbonyl (C=O) groups excluding carboxylic acids is 2. The van der Waals surface area contributed by atoms with Gasteiger partial charge in [-0.05, 0) is 17.7 Å². The van der Waals surface area contributed by atoms with Gasteiger partial charge in [-0.25, -0.2) is 4.79 Å². The molecule has 0 fully saturated rings. The summed E-state index contributed by atoms with van der Waals surface area (Å²) in [5.74, 6) is -0.342. The van der Waals surface area contributed by atoms with E-state index in [0.717, 1.165) is 13.1 Å². The molecule has 1 atom stereocenters.